The van der Waals surface area contributed by atoms with Crippen LogP contribution < -0.4 is 0 Å². The molecule has 88 valence electrons. The Morgan fingerprint density at radius 3 is 2.81 bits per heavy atom. The molecule has 0 saturated carbocycles. The minimum atomic E-state index is -0.327. The molecule has 1 rings (SSSR count). The molecular weight excluding hydrogens is 204 g/mol. The van der Waals surface area contributed by atoms with Gasteiger partial charge in [-0.15, -0.1) is 0 Å². The molecule has 0 amide bonds. The van der Waals surface area contributed by atoms with E-state index < -0.39 is 0 Å². The van der Waals surface area contributed by atoms with Crippen LogP contribution in [0.4, 0.5) is 0 Å². The van der Waals surface area contributed by atoms with E-state index in [1.165, 1.54) is 0 Å². The zero-order valence-electron chi connectivity index (χ0n) is 10.1. The Balaban J connectivity index is 2.91. The molecule has 0 bridgehead atoms. The molecule has 1 heterocycles. The van der Waals surface area contributed by atoms with Gasteiger partial charge in [0.25, 0.3) is 0 Å². The molecule has 0 spiro atoms. The van der Waals surface area contributed by atoms with Gasteiger partial charge in [-0.05, 0) is 26.3 Å². The van der Waals surface area contributed by atoms with E-state index in [-0.39, 0.29) is 5.97 Å². The van der Waals surface area contributed by atoms with Gasteiger partial charge in [0.05, 0.1) is 18.8 Å². The highest BCUT2D eigenvalue weighted by Crippen LogP contribution is 2.09. The second-order valence-corrected chi connectivity index (χ2v) is 3.65. The molecule has 1 aromatic rings. The van der Waals surface area contributed by atoms with Crippen LogP contribution in [0.3, 0.4) is 0 Å². The third-order valence-electron chi connectivity index (χ3n) is 2.26. The Labute approximate surface area is 95.9 Å². The lowest BCUT2D eigenvalue weighted by Crippen LogP contribution is -2.14. The lowest BCUT2D eigenvalue weighted by molar-refractivity contribution is 0.0512. The number of rotatable bonds is 5. The number of aryl methyl sites for hydroxylation is 1. The number of hydrogen-bond acceptors (Lipinski definition) is 3. The van der Waals surface area contributed by atoms with Gasteiger partial charge in [-0.25, -0.2) is 4.79 Å². The third kappa shape index (κ3) is 2.95. The summed E-state index contributed by atoms with van der Waals surface area (Å²) in [4.78, 5) is 11.6. The molecule has 0 aliphatic carbocycles. The van der Waals surface area contributed by atoms with Crippen LogP contribution in [0.2, 0.25) is 0 Å². The van der Waals surface area contributed by atoms with Crippen molar-refractivity contribution in [2.24, 2.45) is 0 Å². The Kier molecular flexibility index (Phi) is 4.28. The zero-order valence-corrected chi connectivity index (χ0v) is 10.1. The first kappa shape index (κ1) is 12.5. The topological polar surface area (TPSA) is 44.1 Å². The molecule has 1 aromatic heterocycles. The lowest BCUT2D eigenvalue weighted by Gasteiger charge is -2.07. The van der Waals surface area contributed by atoms with Crippen LogP contribution >= 0.6 is 0 Å². The van der Waals surface area contributed by atoms with Gasteiger partial charge >= 0.3 is 5.97 Å². The Morgan fingerprint density at radius 2 is 2.25 bits per heavy atom. The van der Waals surface area contributed by atoms with Crippen LogP contribution in [0.25, 0.3) is 0 Å². The summed E-state index contributed by atoms with van der Waals surface area (Å²) in [6.45, 7) is 10.5. The van der Waals surface area contributed by atoms with Crippen LogP contribution in [0.15, 0.2) is 18.2 Å². The molecule has 4 heteroatoms. The summed E-state index contributed by atoms with van der Waals surface area (Å²) in [7, 11) is 0. The van der Waals surface area contributed by atoms with Gasteiger partial charge in [0.1, 0.15) is 5.69 Å². The van der Waals surface area contributed by atoms with E-state index in [0.717, 1.165) is 17.7 Å². The average molecular weight is 222 g/mol. The van der Waals surface area contributed by atoms with Crippen molar-refractivity contribution >= 4 is 5.97 Å². The van der Waals surface area contributed by atoms with Gasteiger partial charge in [0.15, 0.2) is 0 Å². The highest BCUT2D eigenvalue weighted by Gasteiger charge is 2.14. The fourth-order valence-corrected chi connectivity index (χ4v) is 1.36. The number of hydrogen-bond donors (Lipinski definition) is 0. The van der Waals surface area contributed by atoms with E-state index in [4.69, 9.17) is 4.74 Å². The number of esters is 1. The maximum atomic E-state index is 11.6. The van der Waals surface area contributed by atoms with Crippen molar-refractivity contribution in [3.63, 3.8) is 0 Å². The summed E-state index contributed by atoms with van der Waals surface area (Å²) in [5, 5.41) is 4.26. The highest BCUT2D eigenvalue weighted by molar-refractivity contribution is 5.87. The van der Waals surface area contributed by atoms with Crippen LogP contribution in [-0.4, -0.2) is 22.4 Å². The molecule has 0 atom stereocenters. The monoisotopic (exact) mass is 222 g/mol. The van der Waals surface area contributed by atoms with Crippen LogP contribution in [0.5, 0.6) is 0 Å². The van der Waals surface area contributed by atoms with E-state index in [1.807, 2.05) is 13.8 Å². The largest absolute Gasteiger partial charge is 0.461 e. The number of aromatic nitrogens is 2. The first-order valence-corrected chi connectivity index (χ1v) is 5.46. The molecule has 0 unspecified atom stereocenters. The quantitative estimate of drug-likeness (QED) is 0.567. The predicted octanol–water partition coefficient (Wildman–Crippen LogP) is 2.33. The van der Waals surface area contributed by atoms with Crippen molar-refractivity contribution in [3.8, 4) is 0 Å². The number of ether oxygens (including phenoxy) is 1. The van der Waals surface area contributed by atoms with E-state index in [0.29, 0.717) is 18.8 Å². The molecule has 0 saturated heterocycles. The summed E-state index contributed by atoms with van der Waals surface area (Å²) < 4.78 is 6.62. The van der Waals surface area contributed by atoms with Crippen molar-refractivity contribution < 1.29 is 9.53 Å². The fraction of sp³-hybridized carbons (Fsp3) is 0.500. The second kappa shape index (κ2) is 5.49. The first-order chi connectivity index (χ1) is 7.58. The van der Waals surface area contributed by atoms with Gasteiger partial charge in [0, 0.05) is 0 Å². The van der Waals surface area contributed by atoms with Gasteiger partial charge in [-0.1, -0.05) is 19.1 Å². The standard InChI is InChI=1S/C12H18N2O2/c1-5-9(3)8-14-11(7-10(4)13-14)12(15)16-6-2/h7H,3,5-6,8H2,1-2,4H3. The Bertz CT molecular complexity index is 394. The summed E-state index contributed by atoms with van der Waals surface area (Å²) in [6.07, 6.45) is 0.876. The van der Waals surface area contributed by atoms with Gasteiger partial charge in [-0.3, -0.25) is 4.68 Å². The summed E-state index contributed by atoms with van der Waals surface area (Å²) >= 11 is 0. The molecule has 0 aliphatic heterocycles. The summed E-state index contributed by atoms with van der Waals surface area (Å²) in [5.41, 5.74) is 2.34. The third-order valence-corrected chi connectivity index (χ3v) is 2.26. The minimum Gasteiger partial charge on any atom is -0.461 e. The second-order valence-electron chi connectivity index (χ2n) is 3.65. The van der Waals surface area contributed by atoms with Crippen LogP contribution in [0.1, 0.15) is 36.5 Å². The van der Waals surface area contributed by atoms with E-state index in [1.54, 1.807) is 17.7 Å². The van der Waals surface area contributed by atoms with Crippen LogP contribution in [0, 0.1) is 6.92 Å². The lowest BCUT2D eigenvalue weighted by atomic mass is 10.2. The number of carbonyl (C=O) groups is 1. The summed E-state index contributed by atoms with van der Waals surface area (Å²) in [5.74, 6) is -0.327. The SMILES string of the molecule is C=C(CC)Cn1nc(C)cc1C(=O)OCC. The molecule has 16 heavy (non-hydrogen) atoms. The van der Waals surface area contributed by atoms with Gasteiger partial charge in [0.2, 0.25) is 0 Å². The van der Waals surface area contributed by atoms with Gasteiger partial charge < -0.3 is 4.74 Å². The van der Waals surface area contributed by atoms with Crippen molar-refractivity contribution in [1.82, 2.24) is 9.78 Å². The first-order valence-electron chi connectivity index (χ1n) is 5.46. The average Bonchev–Trinajstić information content (AvgIpc) is 2.59. The zero-order chi connectivity index (χ0) is 12.1. The van der Waals surface area contributed by atoms with E-state index in [9.17, 15) is 4.79 Å². The molecular formula is C12H18N2O2. The molecule has 0 aliphatic rings. The number of carbonyl (C=O) groups excluding carboxylic acids is 1. The van der Waals surface area contributed by atoms with E-state index in [2.05, 4.69) is 11.7 Å². The predicted molar refractivity (Wildman–Crippen MR) is 62.4 cm³/mol. The molecule has 0 N–H and O–H groups in total. The van der Waals surface area contributed by atoms with Crippen molar-refractivity contribution in [1.29, 1.82) is 0 Å². The molecule has 4 nitrogen and oxygen atoms in total. The normalized spacial score (nSPS) is 10.2. The number of allylic oxidation sites excluding steroid dienone is 1. The van der Waals surface area contributed by atoms with Crippen molar-refractivity contribution in [2.45, 2.75) is 33.7 Å². The molecule has 0 fully saturated rings. The van der Waals surface area contributed by atoms with Crippen LogP contribution in [-0.2, 0) is 11.3 Å². The minimum absolute atomic E-state index is 0.327. The molecule has 0 radical (unpaired) electrons. The van der Waals surface area contributed by atoms with E-state index >= 15 is 0 Å². The fourth-order valence-electron chi connectivity index (χ4n) is 1.36. The van der Waals surface area contributed by atoms with Crippen molar-refractivity contribution in [2.75, 3.05) is 6.61 Å². The maximum absolute atomic E-state index is 11.6. The maximum Gasteiger partial charge on any atom is 0.356 e. The smallest absolute Gasteiger partial charge is 0.356 e. The highest BCUT2D eigenvalue weighted by atomic mass is 16.5. The summed E-state index contributed by atoms with van der Waals surface area (Å²) in [6, 6.07) is 1.74. The molecule has 0 aromatic carbocycles. The van der Waals surface area contributed by atoms with Gasteiger partial charge in [-0.2, -0.15) is 5.10 Å². The Morgan fingerprint density at radius 1 is 1.56 bits per heavy atom. The number of nitrogens with zero attached hydrogens (tertiary/aromatic N) is 2. The van der Waals surface area contributed by atoms with Crippen molar-refractivity contribution in [3.05, 3.63) is 29.6 Å². The Hall–Kier alpha value is -1.58.